The smallest absolute Gasteiger partial charge is 0.322 e. The van der Waals surface area contributed by atoms with Crippen LogP contribution in [0.25, 0.3) is 11.5 Å². The van der Waals surface area contributed by atoms with Crippen molar-refractivity contribution < 1.29 is 22.4 Å². The lowest BCUT2D eigenvalue weighted by Gasteiger charge is -2.04. The highest BCUT2D eigenvalue weighted by molar-refractivity contribution is 7.91. The molecule has 1 N–H and O–H groups in total. The van der Waals surface area contributed by atoms with Crippen molar-refractivity contribution in [1.29, 1.82) is 0 Å². The summed E-state index contributed by atoms with van der Waals surface area (Å²) in [7, 11) is -1.71. The Labute approximate surface area is 162 Å². The molecule has 9 heteroatoms. The van der Waals surface area contributed by atoms with E-state index in [0.29, 0.717) is 16.9 Å². The summed E-state index contributed by atoms with van der Waals surface area (Å²) >= 11 is 0. The van der Waals surface area contributed by atoms with Crippen molar-refractivity contribution in [2.75, 3.05) is 18.2 Å². The van der Waals surface area contributed by atoms with E-state index in [9.17, 15) is 13.2 Å². The molecule has 3 rings (SSSR count). The van der Waals surface area contributed by atoms with Crippen LogP contribution in [0.1, 0.15) is 12.5 Å². The van der Waals surface area contributed by atoms with E-state index < -0.39 is 9.84 Å². The predicted molar refractivity (Wildman–Crippen MR) is 103 cm³/mol. The van der Waals surface area contributed by atoms with E-state index in [1.54, 1.807) is 50.4 Å². The van der Waals surface area contributed by atoms with E-state index in [1.165, 1.54) is 12.1 Å². The number of anilines is 1. The van der Waals surface area contributed by atoms with Crippen molar-refractivity contribution >= 4 is 21.8 Å². The van der Waals surface area contributed by atoms with Crippen LogP contribution in [-0.4, -0.2) is 37.4 Å². The van der Waals surface area contributed by atoms with Crippen LogP contribution in [0.5, 0.6) is 5.75 Å². The number of hydrogen-bond donors (Lipinski definition) is 1. The number of carbonyl (C=O) groups is 1. The first-order valence-corrected chi connectivity index (χ1v) is 10.2. The predicted octanol–water partition coefficient (Wildman–Crippen LogP) is 2.72. The molecular weight excluding hydrogens is 382 g/mol. The van der Waals surface area contributed by atoms with Gasteiger partial charge in [-0.25, -0.2) is 8.42 Å². The summed E-state index contributed by atoms with van der Waals surface area (Å²) in [6.07, 6.45) is 0.0450. The van der Waals surface area contributed by atoms with E-state index in [2.05, 4.69) is 15.5 Å². The van der Waals surface area contributed by atoms with Crippen molar-refractivity contribution in [1.82, 2.24) is 10.2 Å². The number of benzene rings is 2. The zero-order valence-corrected chi connectivity index (χ0v) is 16.2. The molecule has 28 heavy (non-hydrogen) atoms. The Kier molecular flexibility index (Phi) is 5.74. The fourth-order valence-corrected chi connectivity index (χ4v) is 3.36. The van der Waals surface area contributed by atoms with Crippen molar-refractivity contribution in [2.24, 2.45) is 0 Å². The lowest BCUT2D eigenvalue weighted by Crippen LogP contribution is -2.14. The van der Waals surface area contributed by atoms with Gasteiger partial charge in [-0.1, -0.05) is 30.2 Å². The summed E-state index contributed by atoms with van der Waals surface area (Å²) in [5.41, 5.74) is 1.33. The second-order valence-corrected chi connectivity index (χ2v) is 8.19. The number of ether oxygens (including phenoxy) is 1. The van der Waals surface area contributed by atoms with Gasteiger partial charge in [0, 0.05) is 5.56 Å². The Bertz CT molecular complexity index is 1070. The van der Waals surface area contributed by atoms with Crippen LogP contribution in [0.2, 0.25) is 0 Å². The van der Waals surface area contributed by atoms with Gasteiger partial charge in [0.2, 0.25) is 11.8 Å². The molecule has 0 radical (unpaired) electrons. The minimum absolute atomic E-state index is 0.0204. The number of amides is 1. The Morgan fingerprint density at radius 2 is 1.89 bits per heavy atom. The first kappa shape index (κ1) is 19.6. The molecule has 0 saturated heterocycles. The molecule has 3 aromatic rings. The fraction of sp³-hybridized carbons (Fsp3) is 0.211. The summed E-state index contributed by atoms with van der Waals surface area (Å²) in [6.45, 7) is 1.58. The van der Waals surface area contributed by atoms with Crippen molar-refractivity contribution in [3.63, 3.8) is 0 Å². The van der Waals surface area contributed by atoms with Gasteiger partial charge < -0.3 is 9.15 Å². The van der Waals surface area contributed by atoms with Crippen molar-refractivity contribution in [2.45, 2.75) is 18.2 Å². The highest BCUT2D eigenvalue weighted by Gasteiger charge is 2.14. The summed E-state index contributed by atoms with van der Waals surface area (Å²) in [5.74, 6) is 0.574. The van der Waals surface area contributed by atoms with E-state index >= 15 is 0 Å². The van der Waals surface area contributed by atoms with Crippen molar-refractivity contribution in [3.8, 4) is 17.2 Å². The van der Waals surface area contributed by atoms with Gasteiger partial charge in [0.15, 0.2) is 9.84 Å². The third-order valence-electron chi connectivity index (χ3n) is 4.02. The minimum Gasteiger partial charge on any atom is -0.497 e. The summed E-state index contributed by atoms with van der Waals surface area (Å²) in [4.78, 5) is 12.4. The van der Waals surface area contributed by atoms with Crippen LogP contribution in [-0.2, 0) is 21.1 Å². The van der Waals surface area contributed by atoms with E-state index in [0.717, 1.165) is 0 Å². The average Bonchev–Trinajstić information content (AvgIpc) is 3.16. The maximum Gasteiger partial charge on any atom is 0.322 e. The van der Waals surface area contributed by atoms with Gasteiger partial charge in [0.05, 0.1) is 24.2 Å². The Hall–Kier alpha value is -3.20. The SMILES string of the molecule is CCS(=O)(=O)c1ccc(CC(=O)Nc2nnc(-c3cccc(OC)c3)o2)cc1. The van der Waals surface area contributed by atoms with Crippen LogP contribution < -0.4 is 10.1 Å². The largest absolute Gasteiger partial charge is 0.497 e. The number of nitrogens with one attached hydrogen (secondary N) is 1. The molecule has 0 saturated carbocycles. The number of carbonyl (C=O) groups excluding carboxylic acids is 1. The van der Waals surface area contributed by atoms with Crippen LogP contribution in [0.3, 0.4) is 0 Å². The van der Waals surface area contributed by atoms with Gasteiger partial charge in [0.25, 0.3) is 0 Å². The maximum atomic E-state index is 12.2. The highest BCUT2D eigenvalue weighted by atomic mass is 32.2. The van der Waals surface area contributed by atoms with Gasteiger partial charge >= 0.3 is 6.01 Å². The second kappa shape index (κ2) is 8.22. The van der Waals surface area contributed by atoms with Crippen molar-refractivity contribution in [3.05, 3.63) is 54.1 Å². The molecule has 1 heterocycles. The van der Waals surface area contributed by atoms with Gasteiger partial charge in [0.1, 0.15) is 5.75 Å². The van der Waals surface area contributed by atoms with Gasteiger partial charge in [-0.15, -0.1) is 5.10 Å². The van der Waals surface area contributed by atoms with Crippen LogP contribution in [0.4, 0.5) is 6.01 Å². The summed E-state index contributed by atoms with van der Waals surface area (Å²) in [5, 5.41) is 10.3. The molecule has 1 aromatic heterocycles. The molecule has 8 nitrogen and oxygen atoms in total. The third-order valence-corrected chi connectivity index (χ3v) is 5.77. The van der Waals surface area contributed by atoms with Gasteiger partial charge in [-0.05, 0) is 35.9 Å². The number of sulfone groups is 1. The average molecular weight is 401 g/mol. The van der Waals surface area contributed by atoms with Crippen LogP contribution in [0.15, 0.2) is 57.8 Å². The maximum absolute atomic E-state index is 12.2. The molecule has 2 aromatic carbocycles. The van der Waals surface area contributed by atoms with E-state index in [-0.39, 0.29) is 34.9 Å². The van der Waals surface area contributed by atoms with Crippen LogP contribution in [0, 0.1) is 0 Å². The molecule has 0 aliphatic carbocycles. The monoisotopic (exact) mass is 401 g/mol. The second-order valence-electron chi connectivity index (χ2n) is 5.92. The Morgan fingerprint density at radius 1 is 1.14 bits per heavy atom. The molecule has 1 amide bonds. The molecule has 146 valence electrons. The molecule has 0 atom stereocenters. The molecule has 0 fully saturated rings. The number of rotatable bonds is 7. The molecule has 0 aliphatic heterocycles. The lowest BCUT2D eigenvalue weighted by molar-refractivity contribution is -0.115. The topological polar surface area (TPSA) is 111 Å². The fourth-order valence-electron chi connectivity index (χ4n) is 2.48. The Balaban J connectivity index is 1.65. The molecule has 0 spiro atoms. The molecule has 0 unspecified atom stereocenters. The molecular formula is C19H19N3O5S. The Morgan fingerprint density at radius 3 is 2.57 bits per heavy atom. The number of nitrogens with zero attached hydrogens (tertiary/aromatic N) is 2. The summed E-state index contributed by atoms with van der Waals surface area (Å²) < 4.78 is 34.3. The first-order chi connectivity index (χ1) is 13.4. The quantitative estimate of drug-likeness (QED) is 0.648. The standard InChI is InChI=1S/C19H19N3O5S/c1-3-28(24,25)16-9-7-13(8-10-16)11-17(23)20-19-22-21-18(27-19)14-5-4-6-15(12-14)26-2/h4-10,12H,3,11H2,1-2H3,(H,20,22,23). The zero-order chi connectivity index (χ0) is 20.1. The van der Waals surface area contributed by atoms with E-state index in [4.69, 9.17) is 9.15 Å². The number of hydrogen-bond acceptors (Lipinski definition) is 7. The zero-order valence-electron chi connectivity index (χ0n) is 15.4. The third kappa shape index (κ3) is 4.55. The normalized spacial score (nSPS) is 11.2. The lowest BCUT2D eigenvalue weighted by atomic mass is 10.1. The summed E-state index contributed by atoms with van der Waals surface area (Å²) in [6, 6.07) is 13.3. The molecule has 0 bridgehead atoms. The van der Waals surface area contributed by atoms with E-state index in [1.807, 2.05) is 0 Å². The van der Waals surface area contributed by atoms with Gasteiger partial charge in [-0.2, -0.15) is 0 Å². The minimum atomic E-state index is -3.26. The number of aromatic nitrogens is 2. The molecule has 0 aliphatic rings. The van der Waals surface area contributed by atoms with Crippen LogP contribution >= 0.6 is 0 Å². The first-order valence-electron chi connectivity index (χ1n) is 8.51. The highest BCUT2D eigenvalue weighted by Crippen LogP contribution is 2.24. The van der Waals surface area contributed by atoms with Gasteiger partial charge in [-0.3, -0.25) is 10.1 Å². The number of methoxy groups -OCH3 is 1.